The zero-order valence-electron chi connectivity index (χ0n) is 11.6. The summed E-state index contributed by atoms with van der Waals surface area (Å²) in [7, 11) is 2.82. The molecular formula is C13H24ClNO4. The Labute approximate surface area is 120 Å². The summed E-state index contributed by atoms with van der Waals surface area (Å²) in [5, 5.41) is 3.20. The van der Waals surface area contributed by atoms with Gasteiger partial charge in [0.2, 0.25) is 0 Å². The largest absolute Gasteiger partial charge is 0.469 e. The number of halogens is 1. The van der Waals surface area contributed by atoms with Gasteiger partial charge in [0, 0.05) is 12.5 Å². The number of carbonyl (C=O) groups is 2. The zero-order valence-corrected chi connectivity index (χ0v) is 12.5. The van der Waals surface area contributed by atoms with Crippen LogP contribution < -0.4 is 5.32 Å². The highest BCUT2D eigenvalue weighted by atomic mass is 35.5. The quantitative estimate of drug-likeness (QED) is 0.755. The van der Waals surface area contributed by atoms with E-state index in [-0.39, 0.29) is 30.9 Å². The van der Waals surface area contributed by atoms with E-state index in [1.807, 2.05) is 0 Å². The van der Waals surface area contributed by atoms with Crippen molar-refractivity contribution >= 4 is 24.3 Å². The van der Waals surface area contributed by atoms with Gasteiger partial charge in [-0.1, -0.05) is 0 Å². The molecule has 1 fully saturated rings. The van der Waals surface area contributed by atoms with E-state index >= 15 is 0 Å². The smallest absolute Gasteiger partial charge is 0.319 e. The summed E-state index contributed by atoms with van der Waals surface area (Å²) in [6, 6.07) is 0.401. The van der Waals surface area contributed by atoms with Crippen molar-refractivity contribution in [2.75, 3.05) is 20.8 Å². The highest BCUT2D eigenvalue weighted by Gasteiger charge is 2.21. The fourth-order valence-electron chi connectivity index (χ4n) is 2.38. The average Bonchev–Trinajstić information content (AvgIpc) is 2.43. The number of esters is 2. The minimum Gasteiger partial charge on any atom is -0.469 e. The maximum absolute atomic E-state index is 11.0. The third kappa shape index (κ3) is 7.38. The van der Waals surface area contributed by atoms with Crippen molar-refractivity contribution in [1.29, 1.82) is 0 Å². The molecule has 6 heteroatoms. The Kier molecular flexibility index (Phi) is 9.61. The standard InChI is InChI=1S/C13H23NO4.ClH/c1-17-12(15)8-5-10-3-6-11(7-4-10)14-9-13(16)18-2;/h10-11,14H,3-9H2,1-2H3;1H. The second kappa shape index (κ2) is 10.0. The van der Waals surface area contributed by atoms with Crippen molar-refractivity contribution in [2.45, 2.75) is 44.6 Å². The number of methoxy groups -OCH3 is 2. The summed E-state index contributed by atoms with van der Waals surface area (Å²) in [6.45, 7) is 0.286. The molecule has 1 N–H and O–H groups in total. The molecule has 0 amide bonds. The minimum atomic E-state index is -0.220. The van der Waals surface area contributed by atoms with Crippen LogP contribution in [0.5, 0.6) is 0 Å². The lowest BCUT2D eigenvalue weighted by Gasteiger charge is -2.28. The van der Waals surface area contributed by atoms with Crippen LogP contribution in [0, 0.1) is 5.92 Å². The molecule has 0 radical (unpaired) electrons. The van der Waals surface area contributed by atoms with Crippen molar-refractivity contribution in [2.24, 2.45) is 5.92 Å². The van der Waals surface area contributed by atoms with E-state index in [9.17, 15) is 9.59 Å². The predicted molar refractivity (Wildman–Crippen MR) is 74.3 cm³/mol. The van der Waals surface area contributed by atoms with Crippen LogP contribution in [-0.4, -0.2) is 38.7 Å². The fourth-order valence-corrected chi connectivity index (χ4v) is 2.38. The Hall–Kier alpha value is -0.810. The average molecular weight is 294 g/mol. The zero-order chi connectivity index (χ0) is 13.4. The SMILES string of the molecule is COC(=O)CCC1CCC(NCC(=O)OC)CC1.Cl. The third-order valence-electron chi connectivity index (χ3n) is 3.59. The first-order chi connectivity index (χ1) is 8.65. The molecule has 0 aromatic carbocycles. The first-order valence-corrected chi connectivity index (χ1v) is 6.52. The van der Waals surface area contributed by atoms with Gasteiger partial charge < -0.3 is 14.8 Å². The number of hydrogen-bond acceptors (Lipinski definition) is 5. The second-order valence-corrected chi connectivity index (χ2v) is 4.79. The van der Waals surface area contributed by atoms with Crippen LogP contribution >= 0.6 is 12.4 Å². The molecule has 5 nitrogen and oxygen atoms in total. The van der Waals surface area contributed by atoms with Gasteiger partial charge in [-0.05, 0) is 38.0 Å². The molecular weight excluding hydrogens is 270 g/mol. The molecule has 19 heavy (non-hydrogen) atoms. The lowest BCUT2D eigenvalue weighted by atomic mass is 9.83. The number of ether oxygens (including phenoxy) is 2. The number of hydrogen-bond donors (Lipinski definition) is 1. The molecule has 112 valence electrons. The maximum Gasteiger partial charge on any atom is 0.319 e. The predicted octanol–water partition coefficient (Wildman–Crippen LogP) is 1.68. The normalized spacial score (nSPS) is 22.2. The number of rotatable bonds is 6. The summed E-state index contributed by atoms with van der Waals surface area (Å²) in [5.74, 6) is 0.268. The van der Waals surface area contributed by atoms with Gasteiger partial charge in [-0.3, -0.25) is 9.59 Å². The van der Waals surface area contributed by atoms with Crippen LogP contribution in [0.1, 0.15) is 38.5 Å². The molecule has 0 unspecified atom stereocenters. The maximum atomic E-state index is 11.0. The summed E-state index contributed by atoms with van der Waals surface area (Å²) >= 11 is 0. The van der Waals surface area contributed by atoms with Crippen LogP contribution in [0.15, 0.2) is 0 Å². The molecule has 0 atom stereocenters. The van der Waals surface area contributed by atoms with E-state index in [0.29, 0.717) is 18.4 Å². The lowest BCUT2D eigenvalue weighted by molar-refractivity contribution is -0.141. The Morgan fingerprint density at radius 2 is 1.63 bits per heavy atom. The van der Waals surface area contributed by atoms with Crippen LogP contribution in [-0.2, 0) is 19.1 Å². The molecule has 0 heterocycles. The Balaban J connectivity index is 0.00000324. The Morgan fingerprint density at radius 3 is 2.16 bits per heavy atom. The van der Waals surface area contributed by atoms with E-state index in [1.54, 1.807) is 0 Å². The second-order valence-electron chi connectivity index (χ2n) is 4.79. The summed E-state index contributed by atoms with van der Waals surface area (Å²) in [4.78, 5) is 22.0. The highest BCUT2D eigenvalue weighted by Crippen LogP contribution is 2.27. The van der Waals surface area contributed by atoms with Crippen LogP contribution in [0.25, 0.3) is 0 Å². The van der Waals surface area contributed by atoms with Gasteiger partial charge in [0.05, 0.1) is 20.8 Å². The molecule has 0 aliphatic heterocycles. The number of carbonyl (C=O) groups excluding carboxylic acids is 2. The van der Waals surface area contributed by atoms with Gasteiger partial charge in [0.1, 0.15) is 0 Å². The van der Waals surface area contributed by atoms with Gasteiger partial charge in [-0.15, -0.1) is 12.4 Å². The minimum absolute atomic E-state index is 0. The van der Waals surface area contributed by atoms with Crippen molar-refractivity contribution < 1.29 is 19.1 Å². The Morgan fingerprint density at radius 1 is 1.05 bits per heavy atom. The van der Waals surface area contributed by atoms with E-state index in [1.165, 1.54) is 14.2 Å². The van der Waals surface area contributed by atoms with Crippen molar-refractivity contribution in [3.05, 3.63) is 0 Å². The van der Waals surface area contributed by atoms with E-state index in [4.69, 9.17) is 0 Å². The molecule has 1 aliphatic carbocycles. The molecule has 0 bridgehead atoms. The van der Waals surface area contributed by atoms with E-state index in [0.717, 1.165) is 32.1 Å². The Bertz CT molecular complexity index is 250. The van der Waals surface area contributed by atoms with Crippen molar-refractivity contribution in [3.63, 3.8) is 0 Å². The van der Waals surface area contributed by atoms with E-state index in [2.05, 4.69) is 14.8 Å². The van der Waals surface area contributed by atoms with Crippen LogP contribution in [0.4, 0.5) is 0 Å². The molecule has 0 aromatic rings. The monoisotopic (exact) mass is 293 g/mol. The van der Waals surface area contributed by atoms with Gasteiger partial charge >= 0.3 is 11.9 Å². The summed E-state index contributed by atoms with van der Waals surface area (Å²) in [5.41, 5.74) is 0. The summed E-state index contributed by atoms with van der Waals surface area (Å²) < 4.78 is 9.22. The molecule has 0 spiro atoms. The first kappa shape index (κ1) is 18.2. The van der Waals surface area contributed by atoms with Gasteiger partial charge in [-0.25, -0.2) is 0 Å². The lowest BCUT2D eigenvalue weighted by Crippen LogP contribution is -2.37. The third-order valence-corrected chi connectivity index (χ3v) is 3.59. The molecule has 0 saturated heterocycles. The fraction of sp³-hybridized carbons (Fsp3) is 0.846. The van der Waals surface area contributed by atoms with Crippen LogP contribution in [0.3, 0.4) is 0 Å². The van der Waals surface area contributed by atoms with Crippen molar-refractivity contribution in [1.82, 2.24) is 5.32 Å². The molecule has 1 rings (SSSR count). The topological polar surface area (TPSA) is 64.6 Å². The highest BCUT2D eigenvalue weighted by molar-refractivity contribution is 5.85. The van der Waals surface area contributed by atoms with Crippen LogP contribution in [0.2, 0.25) is 0 Å². The van der Waals surface area contributed by atoms with Gasteiger partial charge in [0.25, 0.3) is 0 Å². The van der Waals surface area contributed by atoms with Crippen molar-refractivity contribution in [3.8, 4) is 0 Å². The summed E-state index contributed by atoms with van der Waals surface area (Å²) in [6.07, 6.45) is 5.76. The van der Waals surface area contributed by atoms with E-state index < -0.39 is 0 Å². The molecule has 1 saturated carbocycles. The van der Waals surface area contributed by atoms with Gasteiger partial charge in [0.15, 0.2) is 0 Å². The molecule has 0 aromatic heterocycles. The number of nitrogens with one attached hydrogen (secondary N) is 1. The van der Waals surface area contributed by atoms with Gasteiger partial charge in [-0.2, -0.15) is 0 Å². The molecule has 1 aliphatic rings. The first-order valence-electron chi connectivity index (χ1n) is 6.52.